The molecule has 1 unspecified atom stereocenters. The van der Waals surface area contributed by atoms with Gasteiger partial charge in [0.25, 0.3) is 0 Å². The Bertz CT molecular complexity index is 218. The maximum absolute atomic E-state index is 6.11. The fourth-order valence-corrected chi connectivity index (χ4v) is 4.51. The van der Waals surface area contributed by atoms with E-state index < -0.39 is 0 Å². The summed E-state index contributed by atoms with van der Waals surface area (Å²) in [5.74, 6) is 2.49. The molecule has 1 rings (SSSR count). The highest BCUT2D eigenvalue weighted by molar-refractivity contribution is 7.99. The van der Waals surface area contributed by atoms with Crippen LogP contribution in [0.5, 0.6) is 0 Å². The Balaban J connectivity index is 2.82. The highest BCUT2D eigenvalue weighted by Crippen LogP contribution is 2.41. The number of hydrogen-bond acceptors (Lipinski definition) is 3. The Kier molecular flexibility index (Phi) is 5.14. The Morgan fingerprint density at radius 1 is 1.25 bits per heavy atom. The summed E-state index contributed by atoms with van der Waals surface area (Å²) in [5.41, 5.74) is 6.79. The highest BCUT2D eigenvalue weighted by Gasteiger charge is 2.42. The Morgan fingerprint density at radius 3 is 2.38 bits per heavy atom. The van der Waals surface area contributed by atoms with Crippen molar-refractivity contribution in [2.75, 3.05) is 31.1 Å². The lowest BCUT2D eigenvalue weighted by atomic mass is 9.78. The van der Waals surface area contributed by atoms with Gasteiger partial charge in [-0.05, 0) is 37.1 Å². The molecule has 16 heavy (non-hydrogen) atoms. The lowest BCUT2D eigenvalue weighted by Crippen LogP contribution is -2.60. The zero-order chi connectivity index (χ0) is 12.2. The van der Waals surface area contributed by atoms with Crippen molar-refractivity contribution in [2.45, 2.75) is 46.1 Å². The van der Waals surface area contributed by atoms with Crippen molar-refractivity contribution in [1.29, 1.82) is 0 Å². The zero-order valence-electron chi connectivity index (χ0n) is 11.4. The van der Waals surface area contributed by atoms with Crippen LogP contribution in [0.3, 0.4) is 0 Å². The molecule has 0 spiro atoms. The van der Waals surface area contributed by atoms with E-state index in [1.54, 1.807) is 0 Å². The fraction of sp³-hybridized carbons (Fsp3) is 1.00. The van der Waals surface area contributed by atoms with Crippen LogP contribution in [0.2, 0.25) is 0 Å². The Hall–Kier alpha value is 0.270. The third-order valence-electron chi connectivity index (χ3n) is 3.60. The summed E-state index contributed by atoms with van der Waals surface area (Å²) in [7, 11) is 0. The van der Waals surface area contributed by atoms with Crippen molar-refractivity contribution in [2.24, 2.45) is 11.1 Å². The van der Waals surface area contributed by atoms with E-state index in [1.165, 1.54) is 30.9 Å². The number of likely N-dealkylation sites (N-methyl/N-ethyl adjacent to an activating group) is 1. The van der Waals surface area contributed by atoms with Crippen molar-refractivity contribution in [3.8, 4) is 0 Å². The number of nitrogens with zero attached hydrogens (tertiary/aromatic N) is 1. The third-order valence-corrected chi connectivity index (χ3v) is 5.32. The van der Waals surface area contributed by atoms with Crippen molar-refractivity contribution in [1.82, 2.24) is 4.90 Å². The van der Waals surface area contributed by atoms with Crippen LogP contribution < -0.4 is 5.73 Å². The van der Waals surface area contributed by atoms with Crippen LogP contribution in [0, 0.1) is 5.41 Å². The van der Waals surface area contributed by atoms with Gasteiger partial charge in [0.05, 0.1) is 0 Å². The molecule has 3 heteroatoms. The van der Waals surface area contributed by atoms with Gasteiger partial charge in [-0.1, -0.05) is 27.7 Å². The lowest BCUT2D eigenvalue weighted by Gasteiger charge is -2.50. The molecule has 1 atom stereocenters. The Labute approximate surface area is 105 Å². The molecular weight excluding hydrogens is 216 g/mol. The number of nitrogens with two attached hydrogens (primary N) is 1. The number of rotatable bonds is 5. The molecule has 0 saturated carbocycles. The minimum atomic E-state index is 0.247. The average molecular weight is 244 g/mol. The monoisotopic (exact) mass is 244 g/mol. The predicted octanol–water partition coefficient (Wildman–Crippen LogP) is 2.58. The van der Waals surface area contributed by atoms with Gasteiger partial charge in [-0.2, -0.15) is 11.8 Å². The lowest BCUT2D eigenvalue weighted by molar-refractivity contribution is 0.0734. The summed E-state index contributed by atoms with van der Waals surface area (Å²) < 4.78 is 0. The normalized spacial score (nSPS) is 29.6. The van der Waals surface area contributed by atoms with E-state index in [0.29, 0.717) is 5.41 Å². The van der Waals surface area contributed by atoms with E-state index >= 15 is 0 Å². The third kappa shape index (κ3) is 3.14. The van der Waals surface area contributed by atoms with Gasteiger partial charge in [-0.15, -0.1) is 0 Å². The molecule has 0 aromatic carbocycles. The van der Waals surface area contributed by atoms with Crippen molar-refractivity contribution < 1.29 is 0 Å². The largest absolute Gasteiger partial charge is 0.329 e. The van der Waals surface area contributed by atoms with Gasteiger partial charge < -0.3 is 5.73 Å². The van der Waals surface area contributed by atoms with Gasteiger partial charge in [-0.3, -0.25) is 4.90 Å². The molecular formula is C13H28N2S. The van der Waals surface area contributed by atoms with E-state index in [4.69, 9.17) is 5.73 Å². The molecule has 96 valence electrons. The molecule has 1 aliphatic rings. The van der Waals surface area contributed by atoms with Crippen LogP contribution in [0.1, 0.15) is 40.5 Å². The minimum absolute atomic E-state index is 0.247. The second kappa shape index (κ2) is 5.74. The van der Waals surface area contributed by atoms with E-state index in [9.17, 15) is 0 Å². The van der Waals surface area contributed by atoms with Crippen LogP contribution in [0.25, 0.3) is 0 Å². The quantitative estimate of drug-likeness (QED) is 0.806. The number of hydrogen-bond donors (Lipinski definition) is 1. The summed E-state index contributed by atoms with van der Waals surface area (Å²) >= 11 is 2.08. The molecule has 0 bridgehead atoms. The first-order valence-electron chi connectivity index (χ1n) is 6.52. The maximum atomic E-state index is 6.11. The molecule has 1 heterocycles. The molecule has 0 amide bonds. The van der Waals surface area contributed by atoms with E-state index in [2.05, 4.69) is 44.4 Å². The average Bonchev–Trinajstić information content (AvgIpc) is 2.24. The van der Waals surface area contributed by atoms with Crippen LogP contribution in [0.4, 0.5) is 0 Å². The minimum Gasteiger partial charge on any atom is -0.329 e. The van der Waals surface area contributed by atoms with E-state index in [0.717, 1.165) is 13.1 Å². The van der Waals surface area contributed by atoms with Gasteiger partial charge in [0.1, 0.15) is 0 Å². The van der Waals surface area contributed by atoms with Gasteiger partial charge >= 0.3 is 0 Å². The summed E-state index contributed by atoms with van der Waals surface area (Å²) in [6.45, 7) is 12.4. The van der Waals surface area contributed by atoms with Crippen molar-refractivity contribution in [3.63, 3.8) is 0 Å². The molecule has 0 aliphatic carbocycles. The highest BCUT2D eigenvalue weighted by atomic mass is 32.2. The first-order chi connectivity index (χ1) is 7.49. The second-order valence-electron chi connectivity index (χ2n) is 5.84. The number of thioether (sulfide) groups is 1. The molecule has 2 nitrogen and oxygen atoms in total. The second-order valence-corrected chi connectivity index (χ2v) is 6.83. The fourth-order valence-electron chi connectivity index (χ4n) is 2.97. The summed E-state index contributed by atoms with van der Waals surface area (Å²) in [6.07, 6.45) is 2.47. The summed E-state index contributed by atoms with van der Waals surface area (Å²) in [6, 6.07) is 0. The first-order valence-corrected chi connectivity index (χ1v) is 7.68. The molecule has 1 aliphatic heterocycles. The zero-order valence-corrected chi connectivity index (χ0v) is 12.2. The molecule has 2 N–H and O–H groups in total. The van der Waals surface area contributed by atoms with Crippen LogP contribution in [0.15, 0.2) is 0 Å². The van der Waals surface area contributed by atoms with Crippen molar-refractivity contribution >= 4 is 11.8 Å². The maximum Gasteiger partial charge on any atom is 0.0427 e. The van der Waals surface area contributed by atoms with Crippen molar-refractivity contribution in [3.05, 3.63) is 0 Å². The topological polar surface area (TPSA) is 29.3 Å². The summed E-state index contributed by atoms with van der Waals surface area (Å²) in [5, 5.41) is 0. The smallest absolute Gasteiger partial charge is 0.0427 e. The van der Waals surface area contributed by atoms with Gasteiger partial charge in [0, 0.05) is 17.8 Å². The molecule has 0 radical (unpaired) electrons. The molecule has 0 aromatic rings. The van der Waals surface area contributed by atoms with Gasteiger partial charge in [0.15, 0.2) is 0 Å². The molecule has 1 saturated heterocycles. The van der Waals surface area contributed by atoms with Crippen LogP contribution in [-0.2, 0) is 0 Å². The van der Waals surface area contributed by atoms with E-state index in [1.807, 2.05) is 0 Å². The van der Waals surface area contributed by atoms with E-state index in [-0.39, 0.29) is 5.54 Å². The predicted molar refractivity (Wildman–Crippen MR) is 75.0 cm³/mol. The molecule has 0 aromatic heterocycles. The molecule has 1 fully saturated rings. The summed E-state index contributed by atoms with van der Waals surface area (Å²) in [4.78, 5) is 2.61. The Morgan fingerprint density at radius 2 is 1.94 bits per heavy atom. The standard InChI is InChI=1S/C13H28N2S/c1-5-7-15(6-2)13(9-14)8-12(3,4)10-16-11-13/h5-11,14H2,1-4H3. The SMILES string of the molecule is CCCN(CC)C1(CN)CSCC(C)(C)C1. The first kappa shape index (κ1) is 14.3. The van der Waals surface area contributed by atoms with Crippen LogP contribution >= 0.6 is 11.8 Å². The van der Waals surface area contributed by atoms with Crippen LogP contribution in [-0.4, -0.2) is 41.6 Å². The van der Waals surface area contributed by atoms with Gasteiger partial charge in [0.2, 0.25) is 0 Å². The van der Waals surface area contributed by atoms with Gasteiger partial charge in [-0.25, -0.2) is 0 Å².